The molecule has 1 aromatic rings. The lowest BCUT2D eigenvalue weighted by Gasteiger charge is -2.33. The van der Waals surface area contributed by atoms with Gasteiger partial charge in [-0.15, -0.1) is 0 Å². The molecule has 0 atom stereocenters. The summed E-state index contributed by atoms with van der Waals surface area (Å²) in [6, 6.07) is 7.48. The predicted octanol–water partition coefficient (Wildman–Crippen LogP) is 3.67. The van der Waals surface area contributed by atoms with Gasteiger partial charge >= 0.3 is 5.97 Å². The minimum atomic E-state index is -0.840. The second-order valence-corrected chi connectivity index (χ2v) is 5.51. The van der Waals surface area contributed by atoms with Gasteiger partial charge < -0.3 is 15.2 Å². The van der Waals surface area contributed by atoms with Crippen LogP contribution < -0.4 is 10.1 Å². The van der Waals surface area contributed by atoms with Gasteiger partial charge in [0, 0.05) is 11.8 Å². The number of anilines is 1. The molecular weight excluding hydrogens is 254 g/mol. The molecule has 2 N–H and O–H groups in total. The maximum absolute atomic E-state index is 11.8. The van der Waals surface area contributed by atoms with E-state index in [1.807, 2.05) is 24.3 Å². The van der Waals surface area contributed by atoms with E-state index in [1.165, 1.54) is 6.42 Å². The Morgan fingerprint density at radius 2 is 1.85 bits per heavy atom. The largest absolute Gasteiger partial charge is 0.497 e. The minimum Gasteiger partial charge on any atom is -0.497 e. The first-order chi connectivity index (χ1) is 9.66. The molecular formula is C16H23NO3. The molecule has 0 heterocycles. The third-order valence-corrected chi connectivity index (χ3v) is 4.07. The van der Waals surface area contributed by atoms with Crippen LogP contribution >= 0.6 is 0 Å². The van der Waals surface area contributed by atoms with Crippen molar-refractivity contribution in [2.75, 3.05) is 12.4 Å². The maximum Gasteiger partial charge on any atom is 0.329 e. The van der Waals surface area contributed by atoms with Crippen molar-refractivity contribution in [1.29, 1.82) is 0 Å². The van der Waals surface area contributed by atoms with Gasteiger partial charge in [0.25, 0.3) is 0 Å². The van der Waals surface area contributed by atoms with Crippen molar-refractivity contribution in [3.8, 4) is 5.75 Å². The van der Waals surface area contributed by atoms with Crippen LogP contribution in [0, 0.1) is 0 Å². The van der Waals surface area contributed by atoms with Crippen molar-refractivity contribution >= 4 is 11.7 Å². The smallest absolute Gasteiger partial charge is 0.329 e. The topological polar surface area (TPSA) is 58.6 Å². The van der Waals surface area contributed by atoms with Crippen LogP contribution in [0.5, 0.6) is 5.75 Å². The van der Waals surface area contributed by atoms with Gasteiger partial charge in [0.05, 0.1) is 7.11 Å². The molecule has 0 aliphatic heterocycles. The number of nitrogens with one attached hydrogen (secondary N) is 1. The van der Waals surface area contributed by atoms with Gasteiger partial charge in [-0.3, -0.25) is 0 Å². The van der Waals surface area contributed by atoms with Gasteiger partial charge in [0.2, 0.25) is 0 Å². The highest BCUT2D eigenvalue weighted by Crippen LogP contribution is 2.31. The molecule has 1 aliphatic carbocycles. The van der Waals surface area contributed by atoms with Crippen LogP contribution in [0.3, 0.4) is 0 Å². The van der Waals surface area contributed by atoms with E-state index in [0.717, 1.165) is 37.1 Å². The average molecular weight is 277 g/mol. The van der Waals surface area contributed by atoms with Crippen LogP contribution in [-0.4, -0.2) is 23.7 Å². The highest BCUT2D eigenvalue weighted by Gasteiger charge is 2.38. The van der Waals surface area contributed by atoms with E-state index < -0.39 is 11.5 Å². The number of methoxy groups -OCH3 is 1. The highest BCUT2D eigenvalue weighted by atomic mass is 16.5. The number of benzene rings is 1. The van der Waals surface area contributed by atoms with Gasteiger partial charge in [-0.1, -0.05) is 38.2 Å². The van der Waals surface area contributed by atoms with Gasteiger partial charge in [0.1, 0.15) is 11.3 Å². The van der Waals surface area contributed by atoms with Crippen LogP contribution in [0.15, 0.2) is 24.3 Å². The monoisotopic (exact) mass is 277 g/mol. The third-order valence-electron chi connectivity index (χ3n) is 4.07. The van der Waals surface area contributed by atoms with Crippen LogP contribution in [0.25, 0.3) is 0 Å². The van der Waals surface area contributed by atoms with Crippen molar-refractivity contribution in [2.45, 2.75) is 50.5 Å². The number of hydrogen-bond donors (Lipinski definition) is 2. The number of rotatable bonds is 4. The van der Waals surface area contributed by atoms with E-state index in [2.05, 4.69) is 5.32 Å². The summed E-state index contributed by atoms with van der Waals surface area (Å²) in [5, 5.41) is 13.0. The second-order valence-electron chi connectivity index (χ2n) is 5.51. The Bertz CT molecular complexity index is 451. The predicted molar refractivity (Wildman–Crippen MR) is 79.3 cm³/mol. The zero-order valence-electron chi connectivity index (χ0n) is 12.0. The summed E-state index contributed by atoms with van der Waals surface area (Å²) < 4.78 is 5.19. The van der Waals surface area contributed by atoms with E-state index in [4.69, 9.17) is 4.74 Å². The lowest BCUT2D eigenvalue weighted by atomic mass is 9.83. The molecule has 1 fully saturated rings. The summed E-state index contributed by atoms with van der Waals surface area (Å²) in [5.41, 5.74) is -0.0282. The molecule has 1 saturated carbocycles. The molecule has 4 nitrogen and oxygen atoms in total. The summed E-state index contributed by atoms with van der Waals surface area (Å²) in [7, 11) is 1.61. The van der Waals surface area contributed by atoms with E-state index in [9.17, 15) is 9.90 Å². The Balaban J connectivity index is 2.20. The van der Waals surface area contributed by atoms with E-state index in [1.54, 1.807) is 7.11 Å². The fourth-order valence-electron chi connectivity index (χ4n) is 2.88. The molecule has 110 valence electrons. The molecule has 1 aromatic carbocycles. The van der Waals surface area contributed by atoms with Gasteiger partial charge in [-0.25, -0.2) is 4.79 Å². The molecule has 0 aromatic heterocycles. The molecule has 2 rings (SSSR count). The van der Waals surface area contributed by atoms with Crippen LogP contribution in [0.1, 0.15) is 44.9 Å². The summed E-state index contributed by atoms with van der Waals surface area (Å²) >= 11 is 0. The van der Waals surface area contributed by atoms with Gasteiger partial charge in [0.15, 0.2) is 0 Å². The number of hydrogen-bond acceptors (Lipinski definition) is 3. The van der Waals surface area contributed by atoms with Gasteiger partial charge in [-0.2, -0.15) is 0 Å². The first-order valence-electron chi connectivity index (χ1n) is 7.32. The number of ether oxygens (including phenoxy) is 1. The van der Waals surface area contributed by atoms with Crippen molar-refractivity contribution in [3.63, 3.8) is 0 Å². The maximum atomic E-state index is 11.8. The molecule has 0 amide bonds. The Kier molecular flexibility index (Phi) is 4.88. The van der Waals surface area contributed by atoms with Crippen molar-refractivity contribution < 1.29 is 14.6 Å². The zero-order valence-corrected chi connectivity index (χ0v) is 12.0. The van der Waals surface area contributed by atoms with Crippen molar-refractivity contribution in [2.24, 2.45) is 0 Å². The number of carboxylic acids is 1. The first kappa shape index (κ1) is 14.7. The lowest BCUT2D eigenvalue weighted by molar-refractivity contribution is -0.143. The SMILES string of the molecule is COc1cccc(NC2(C(=O)O)CCCCCCC2)c1. The summed E-state index contributed by atoms with van der Waals surface area (Å²) in [6.07, 6.45) is 6.74. The van der Waals surface area contributed by atoms with Crippen LogP contribution in [0.2, 0.25) is 0 Å². The highest BCUT2D eigenvalue weighted by molar-refractivity contribution is 5.83. The third kappa shape index (κ3) is 3.44. The normalized spacial score (nSPS) is 18.6. The summed E-state index contributed by atoms with van der Waals surface area (Å²) in [6.45, 7) is 0. The average Bonchev–Trinajstić information content (AvgIpc) is 2.42. The molecule has 0 spiro atoms. The fraction of sp³-hybridized carbons (Fsp3) is 0.562. The minimum absolute atomic E-state index is 0.680. The van der Waals surface area contributed by atoms with Crippen molar-refractivity contribution in [3.05, 3.63) is 24.3 Å². The Morgan fingerprint density at radius 3 is 2.45 bits per heavy atom. The van der Waals surface area contributed by atoms with E-state index >= 15 is 0 Å². The van der Waals surface area contributed by atoms with E-state index in [0.29, 0.717) is 12.8 Å². The second kappa shape index (κ2) is 6.64. The number of aliphatic carboxylic acids is 1. The molecule has 0 saturated heterocycles. The molecule has 0 radical (unpaired) electrons. The van der Waals surface area contributed by atoms with Crippen molar-refractivity contribution in [1.82, 2.24) is 0 Å². The standard InChI is InChI=1S/C16H23NO3/c1-20-14-9-7-8-13(12-14)17-16(15(18)19)10-5-3-2-4-6-11-16/h7-9,12,17H,2-6,10-11H2,1H3,(H,18,19). The molecule has 20 heavy (non-hydrogen) atoms. The molecule has 0 bridgehead atoms. The Labute approximate surface area is 120 Å². The van der Waals surface area contributed by atoms with Gasteiger partial charge in [-0.05, 0) is 25.0 Å². The van der Waals surface area contributed by atoms with Crippen LogP contribution in [-0.2, 0) is 4.79 Å². The van der Waals surface area contributed by atoms with Crippen LogP contribution in [0.4, 0.5) is 5.69 Å². The Morgan fingerprint density at radius 1 is 1.20 bits per heavy atom. The molecule has 4 heteroatoms. The number of carboxylic acid groups (broad SMARTS) is 1. The first-order valence-corrected chi connectivity index (χ1v) is 7.32. The summed E-state index contributed by atoms with van der Waals surface area (Å²) in [5.74, 6) is -0.0106. The number of carbonyl (C=O) groups is 1. The lowest BCUT2D eigenvalue weighted by Crippen LogP contribution is -2.46. The molecule has 1 aliphatic rings. The zero-order chi connectivity index (χ0) is 14.4. The quantitative estimate of drug-likeness (QED) is 0.881. The van der Waals surface area contributed by atoms with E-state index in [-0.39, 0.29) is 0 Å². The fourth-order valence-corrected chi connectivity index (χ4v) is 2.88. The molecule has 0 unspecified atom stereocenters. The Hall–Kier alpha value is -1.71. The summed E-state index contributed by atoms with van der Waals surface area (Å²) in [4.78, 5) is 11.8.